The van der Waals surface area contributed by atoms with Crippen molar-refractivity contribution in [2.45, 2.75) is 128 Å². The molecule has 282 valence electrons. The van der Waals surface area contributed by atoms with Crippen LogP contribution >= 0.6 is 0 Å². The van der Waals surface area contributed by atoms with E-state index in [4.69, 9.17) is 23.7 Å². The van der Waals surface area contributed by atoms with Crippen molar-refractivity contribution in [3.05, 3.63) is 35.9 Å². The third-order valence-electron chi connectivity index (χ3n) is 11.8. The highest BCUT2D eigenvalue weighted by atomic mass is 16.7. The van der Waals surface area contributed by atoms with Gasteiger partial charge < -0.3 is 33.9 Å². The van der Waals surface area contributed by atoms with Gasteiger partial charge in [-0.25, -0.2) is 4.79 Å². The van der Waals surface area contributed by atoms with Crippen LogP contribution in [0.5, 0.6) is 0 Å². The molecule has 0 amide bonds. The van der Waals surface area contributed by atoms with E-state index in [2.05, 4.69) is 24.2 Å². The monoisotopic (exact) mass is 701 g/mol. The number of Topliss-reactive ketones (excluding diaryl/α,β-unsaturated/α-hetero) is 1. The van der Waals surface area contributed by atoms with E-state index >= 15 is 0 Å². The fourth-order valence-corrected chi connectivity index (χ4v) is 8.47. The Labute approximate surface area is 300 Å². The van der Waals surface area contributed by atoms with Gasteiger partial charge in [-0.1, -0.05) is 32.0 Å². The molecule has 0 radical (unpaired) electrons. The third-order valence-corrected chi connectivity index (χ3v) is 11.8. The van der Waals surface area contributed by atoms with Crippen LogP contribution in [0.4, 0.5) is 0 Å². The quantitative estimate of drug-likeness (QED) is 0.315. The first-order chi connectivity index (χ1) is 23.5. The number of carbonyl (C=O) groups is 3. The molecule has 3 fully saturated rings. The van der Waals surface area contributed by atoms with Crippen molar-refractivity contribution < 1.29 is 38.1 Å². The molecule has 3 aliphatic rings. The first kappa shape index (κ1) is 40.4. The molecule has 1 saturated carbocycles. The fourth-order valence-electron chi connectivity index (χ4n) is 8.47. The van der Waals surface area contributed by atoms with Gasteiger partial charge in [-0.15, -0.1) is 0 Å². The summed E-state index contributed by atoms with van der Waals surface area (Å²) in [5.74, 6) is -2.03. The lowest BCUT2D eigenvalue weighted by molar-refractivity contribution is -0.295. The first-order valence-electron chi connectivity index (χ1n) is 18.4. The largest absolute Gasteiger partial charge is 0.463 e. The Bertz CT molecular complexity index is 1300. The van der Waals surface area contributed by atoms with Gasteiger partial charge in [0.15, 0.2) is 18.2 Å². The standard InChI is InChI=1S/C39H63N3O8/c1-25-22-38(6,46-11)33(50-35-31(30(41(8)9)21-26(2)48-35)49-34(44)28-15-13-12-14-16-28)27(3)32(43)37(4,5)36(45)47-24-39(42(10)23-25)19-17-29(40-7)18-20-39/h12-16,25-27,29-31,33,35,40H,17-24H2,1-11H3/t25-,26-,27+,29?,30+,31-,33-,35+,38-,39?/m1/s1. The van der Waals surface area contributed by atoms with Gasteiger partial charge in [0.2, 0.25) is 0 Å². The molecule has 2 aliphatic heterocycles. The molecule has 11 heteroatoms. The number of nitrogens with zero attached hydrogens (tertiary/aromatic N) is 2. The summed E-state index contributed by atoms with van der Waals surface area (Å²) in [4.78, 5) is 46.2. The van der Waals surface area contributed by atoms with E-state index in [-0.39, 0.29) is 36.0 Å². The van der Waals surface area contributed by atoms with Crippen LogP contribution < -0.4 is 5.32 Å². The van der Waals surface area contributed by atoms with E-state index in [1.807, 2.05) is 46.0 Å². The summed E-state index contributed by atoms with van der Waals surface area (Å²) < 4.78 is 32.0. The predicted octanol–water partition coefficient (Wildman–Crippen LogP) is 4.71. The summed E-state index contributed by atoms with van der Waals surface area (Å²) in [5.41, 5.74) is -2.35. The second-order valence-electron chi connectivity index (χ2n) is 16.2. The van der Waals surface area contributed by atoms with Crippen molar-refractivity contribution in [3.63, 3.8) is 0 Å². The van der Waals surface area contributed by atoms with Gasteiger partial charge in [0.1, 0.15) is 12.0 Å². The molecule has 11 nitrogen and oxygen atoms in total. The van der Waals surface area contributed by atoms with Crippen molar-refractivity contribution >= 4 is 17.7 Å². The SMILES string of the molecule is CNC1CCC2(CC1)COC(=O)C(C)(C)C(=O)[C@H](C)[C@@H](O[C@@H]1O[C@H](C)C[C@H](N(C)C)[C@H]1OC(=O)c1ccccc1)[C@](C)(OC)C[C@@H](C)CN2C. The van der Waals surface area contributed by atoms with Crippen LogP contribution in [0.1, 0.15) is 90.4 Å². The molecule has 8 atom stereocenters. The maximum absolute atomic E-state index is 14.5. The van der Waals surface area contributed by atoms with Gasteiger partial charge in [-0.05, 0) is 112 Å². The van der Waals surface area contributed by atoms with E-state index in [0.29, 0.717) is 24.4 Å². The summed E-state index contributed by atoms with van der Waals surface area (Å²) in [5, 5.41) is 3.41. The molecular formula is C39H63N3O8. The zero-order chi connectivity index (χ0) is 37.0. The number of hydrogen-bond donors (Lipinski definition) is 1. The van der Waals surface area contributed by atoms with Crippen LogP contribution in [-0.4, -0.2) is 124 Å². The van der Waals surface area contributed by atoms with Crippen LogP contribution in [0.3, 0.4) is 0 Å². The number of methoxy groups -OCH3 is 1. The van der Waals surface area contributed by atoms with Crippen LogP contribution in [0, 0.1) is 17.3 Å². The van der Waals surface area contributed by atoms with E-state index in [9.17, 15) is 14.4 Å². The number of benzene rings is 1. The van der Waals surface area contributed by atoms with Crippen molar-refractivity contribution in [1.82, 2.24) is 15.1 Å². The van der Waals surface area contributed by atoms with Crippen molar-refractivity contribution in [2.24, 2.45) is 17.3 Å². The average Bonchev–Trinajstić information content (AvgIpc) is 3.09. The predicted molar refractivity (Wildman–Crippen MR) is 192 cm³/mol. The summed E-state index contributed by atoms with van der Waals surface area (Å²) in [7, 11) is 9.63. The van der Waals surface area contributed by atoms with Gasteiger partial charge in [0.25, 0.3) is 0 Å². The molecule has 0 aromatic heterocycles. The number of likely N-dealkylation sites (N-methyl/N-ethyl adjacent to an activating group) is 2. The number of cyclic esters (lactones) is 1. The second-order valence-corrected chi connectivity index (χ2v) is 16.2. The Morgan fingerprint density at radius 2 is 1.68 bits per heavy atom. The molecule has 4 rings (SSSR count). The molecule has 2 heterocycles. The number of rotatable bonds is 7. The minimum Gasteiger partial charge on any atom is -0.463 e. The maximum Gasteiger partial charge on any atom is 0.338 e. The lowest BCUT2D eigenvalue weighted by Crippen LogP contribution is -2.60. The molecule has 1 N–H and O–H groups in total. The third kappa shape index (κ3) is 8.78. The Morgan fingerprint density at radius 3 is 2.26 bits per heavy atom. The molecule has 1 aromatic rings. The summed E-state index contributed by atoms with van der Waals surface area (Å²) in [6, 6.07) is 9.05. The molecule has 50 heavy (non-hydrogen) atoms. The Balaban J connectivity index is 1.73. The minimum atomic E-state index is -1.46. The summed E-state index contributed by atoms with van der Waals surface area (Å²) in [6.07, 6.45) is 1.97. The highest BCUT2D eigenvalue weighted by molar-refractivity contribution is 6.04. The number of ketones is 1. The van der Waals surface area contributed by atoms with Crippen molar-refractivity contribution in [1.29, 1.82) is 0 Å². The molecule has 2 saturated heterocycles. The number of nitrogens with one attached hydrogen (secondary N) is 1. The average molecular weight is 702 g/mol. The highest BCUT2D eigenvalue weighted by Gasteiger charge is 2.53. The van der Waals surface area contributed by atoms with E-state index in [1.165, 1.54) is 0 Å². The molecule has 1 aromatic carbocycles. The van der Waals surface area contributed by atoms with Crippen LogP contribution in [0.15, 0.2) is 30.3 Å². The van der Waals surface area contributed by atoms with Crippen LogP contribution in [0.2, 0.25) is 0 Å². The Hall–Kier alpha value is -2.41. The lowest BCUT2D eigenvalue weighted by atomic mass is 9.74. The summed E-state index contributed by atoms with van der Waals surface area (Å²) >= 11 is 0. The molecular weight excluding hydrogens is 638 g/mol. The van der Waals surface area contributed by atoms with E-state index in [0.717, 1.165) is 32.2 Å². The number of hydrogen-bond acceptors (Lipinski definition) is 11. The van der Waals surface area contributed by atoms with Crippen molar-refractivity contribution in [2.75, 3.05) is 48.5 Å². The molecule has 0 unspecified atom stereocenters. The van der Waals surface area contributed by atoms with Crippen LogP contribution in [0.25, 0.3) is 0 Å². The smallest absolute Gasteiger partial charge is 0.338 e. The Morgan fingerprint density at radius 1 is 1.04 bits per heavy atom. The van der Waals surface area contributed by atoms with Gasteiger partial charge >= 0.3 is 11.9 Å². The summed E-state index contributed by atoms with van der Waals surface area (Å²) in [6.45, 7) is 12.1. The second kappa shape index (κ2) is 16.5. The van der Waals surface area contributed by atoms with Gasteiger partial charge in [-0.3, -0.25) is 14.5 Å². The normalized spacial score (nSPS) is 37.8. The topological polar surface area (TPSA) is 116 Å². The van der Waals surface area contributed by atoms with E-state index < -0.39 is 47.4 Å². The highest BCUT2D eigenvalue weighted by Crippen LogP contribution is 2.41. The zero-order valence-corrected chi connectivity index (χ0v) is 32.3. The fraction of sp³-hybridized carbons (Fsp3) is 0.769. The Kier molecular flexibility index (Phi) is 13.3. The van der Waals surface area contributed by atoms with Gasteiger partial charge in [0.05, 0.1) is 35.0 Å². The maximum atomic E-state index is 14.5. The molecule has 1 aliphatic carbocycles. The first-order valence-corrected chi connectivity index (χ1v) is 18.4. The molecule has 1 spiro atoms. The van der Waals surface area contributed by atoms with E-state index in [1.54, 1.807) is 52.1 Å². The van der Waals surface area contributed by atoms with Crippen LogP contribution in [-0.2, 0) is 33.3 Å². The van der Waals surface area contributed by atoms with Gasteiger partial charge in [0, 0.05) is 25.6 Å². The lowest BCUT2D eigenvalue weighted by Gasteiger charge is -2.48. The minimum absolute atomic E-state index is 0.120. The number of ether oxygens (including phenoxy) is 5. The number of esters is 2. The number of carbonyl (C=O) groups excluding carboxylic acids is 3. The van der Waals surface area contributed by atoms with Crippen molar-refractivity contribution in [3.8, 4) is 0 Å². The van der Waals surface area contributed by atoms with Gasteiger partial charge in [-0.2, -0.15) is 0 Å². The zero-order valence-electron chi connectivity index (χ0n) is 32.3. The molecule has 0 bridgehead atoms.